The van der Waals surface area contributed by atoms with E-state index >= 15 is 0 Å². The Morgan fingerprint density at radius 1 is 1.24 bits per heavy atom. The molecular weight excluding hydrogens is 445 g/mol. The van der Waals surface area contributed by atoms with E-state index in [-0.39, 0.29) is 23.7 Å². The van der Waals surface area contributed by atoms with Gasteiger partial charge in [0.05, 0.1) is 12.2 Å². The van der Waals surface area contributed by atoms with Crippen molar-refractivity contribution in [2.24, 2.45) is 0 Å². The summed E-state index contributed by atoms with van der Waals surface area (Å²) in [7, 11) is 0. The van der Waals surface area contributed by atoms with Gasteiger partial charge in [-0.05, 0) is 51.8 Å². The second-order valence-corrected chi connectivity index (χ2v) is 8.71. The van der Waals surface area contributed by atoms with Crippen LogP contribution in [0.4, 0.5) is 15.0 Å². The zero-order valence-electron chi connectivity index (χ0n) is 19.0. The molecule has 4 rings (SSSR count). The fourth-order valence-electron chi connectivity index (χ4n) is 3.39. The number of carbonyl (C=O) groups is 2. The molecule has 1 N–H and O–H groups in total. The number of benzene rings is 1. The lowest BCUT2D eigenvalue weighted by molar-refractivity contribution is 0.0562. The Hall–Kier alpha value is -4.02. The summed E-state index contributed by atoms with van der Waals surface area (Å²) in [4.78, 5) is 32.0. The third kappa shape index (κ3) is 4.82. The van der Waals surface area contributed by atoms with Crippen molar-refractivity contribution in [1.29, 1.82) is 0 Å². The zero-order valence-corrected chi connectivity index (χ0v) is 19.0. The van der Waals surface area contributed by atoms with E-state index in [1.807, 2.05) is 4.57 Å². The Balaban J connectivity index is 1.89. The van der Waals surface area contributed by atoms with Gasteiger partial charge in [-0.3, -0.25) is 4.79 Å². The first-order chi connectivity index (χ1) is 16.1. The average Bonchev–Trinajstić information content (AvgIpc) is 3.23. The van der Waals surface area contributed by atoms with Gasteiger partial charge < -0.3 is 19.1 Å². The van der Waals surface area contributed by atoms with Gasteiger partial charge in [-0.25, -0.2) is 14.2 Å². The summed E-state index contributed by atoms with van der Waals surface area (Å²) < 4.78 is 27.1. The SMILES string of the molecule is CC(C)(C)OC(=O)N1C(=O)c2cc(O)c(F)cc2OCCCCn2cnnc2-c2cccc1n2. The molecule has 34 heavy (non-hydrogen) atoms. The van der Waals surface area contributed by atoms with Crippen molar-refractivity contribution in [3.8, 4) is 23.0 Å². The number of phenolic OH excluding ortho intramolecular Hbond substituents is 1. The van der Waals surface area contributed by atoms with Crippen LogP contribution in [0.15, 0.2) is 36.7 Å². The van der Waals surface area contributed by atoms with Gasteiger partial charge in [0.15, 0.2) is 17.4 Å². The van der Waals surface area contributed by atoms with E-state index in [9.17, 15) is 19.1 Å². The van der Waals surface area contributed by atoms with Crippen molar-refractivity contribution in [2.75, 3.05) is 11.5 Å². The Kier molecular flexibility index (Phi) is 6.18. The number of carbonyl (C=O) groups excluding carboxylic acids is 2. The van der Waals surface area contributed by atoms with E-state index in [1.165, 1.54) is 6.07 Å². The third-order valence-corrected chi connectivity index (χ3v) is 4.92. The molecule has 2 aromatic heterocycles. The van der Waals surface area contributed by atoms with Crippen molar-refractivity contribution in [3.63, 3.8) is 0 Å². The van der Waals surface area contributed by atoms with E-state index in [4.69, 9.17) is 9.47 Å². The van der Waals surface area contributed by atoms with Crippen molar-refractivity contribution >= 4 is 17.8 Å². The molecule has 0 spiro atoms. The van der Waals surface area contributed by atoms with Crippen LogP contribution in [-0.2, 0) is 11.3 Å². The first-order valence-electron chi connectivity index (χ1n) is 10.7. The number of amides is 2. The number of imide groups is 1. The number of hydrogen-bond donors (Lipinski definition) is 1. The van der Waals surface area contributed by atoms with Crippen LogP contribution >= 0.6 is 0 Å². The number of rotatable bonds is 0. The molecule has 0 aliphatic carbocycles. The van der Waals surface area contributed by atoms with Crippen LogP contribution in [0.2, 0.25) is 0 Å². The van der Waals surface area contributed by atoms with Crippen LogP contribution in [0.5, 0.6) is 11.5 Å². The van der Waals surface area contributed by atoms with Gasteiger partial charge in [-0.2, -0.15) is 4.90 Å². The fraction of sp³-hybridized carbons (Fsp3) is 0.348. The maximum Gasteiger partial charge on any atom is 0.423 e. The average molecular weight is 469 g/mol. The lowest BCUT2D eigenvalue weighted by Gasteiger charge is -2.26. The van der Waals surface area contributed by atoms with Crippen molar-refractivity contribution in [2.45, 2.75) is 45.8 Å². The minimum absolute atomic E-state index is 0.0434. The molecule has 0 unspecified atom stereocenters. The summed E-state index contributed by atoms with van der Waals surface area (Å²) in [5.41, 5.74) is -0.734. The minimum Gasteiger partial charge on any atom is -0.505 e. The number of fused-ring (bicyclic) bond motifs is 5. The molecule has 2 bridgehead atoms. The van der Waals surface area contributed by atoms with Crippen LogP contribution < -0.4 is 9.64 Å². The number of aromatic nitrogens is 4. The molecule has 1 aliphatic rings. The maximum absolute atomic E-state index is 14.1. The quantitative estimate of drug-likeness (QED) is 0.526. The van der Waals surface area contributed by atoms with Crippen LogP contribution in [-0.4, -0.2) is 49.1 Å². The smallest absolute Gasteiger partial charge is 0.423 e. The summed E-state index contributed by atoms with van der Waals surface area (Å²) in [5.74, 6) is -2.29. The molecule has 0 fully saturated rings. The Morgan fingerprint density at radius 2 is 2.03 bits per heavy atom. The highest BCUT2D eigenvalue weighted by Crippen LogP contribution is 2.31. The summed E-state index contributed by atoms with van der Waals surface area (Å²) >= 11 is 0. The van der Waals surface area contributed by atoms with Gasteiger partial charge in [-0.1, -0.05) is 6.07 Å². The number of pyridine rings is 1. The molecule has 1 aromatic carbocycles. The van der Waals surface area contributed by atoms with Crippen molar-refractivity contribution in [3.05, 3.63) is 48.0 Å². The Labute approximate surface area is 195 Å². The molecule has 10 nitrogen and oxygen atoms in total. The van der Waals surface area contributed by atoms with E-state index in [2.05, 4.69) is 15.2 Å². The fourth-order valence-corrected chi connectivity index (χ4v) is 3.39. The van der Waals surface area contributed by atoms with Crippen LogP contribution in [0.3, 0.4) is 0 Å². The molecule has 0 atom stereocenters. The van der Waals surface area contributed by atoms with Gasteiger partial charge >= 0.3 is 6.09 Å². The largest absolute Gasteiger partial charge is 0.505 e. The summed E-state index contributed by atoms with van der Waals surface area (Å²) in [6.07, 6.45) is 1.85. The van der Waals surface area contributed by atoms with E-state index in [1.54, 1.807) is 39.2 Å². The number of halogens is 1. The zero-order chi connectivity index (χ0) is 24.5. The van der Waals surface area contributed by atoms with Crippen LogP contribution in [0.1, 0.15) is 44.0 Å². The number of anilines is 1. The second kappa shape index (κ2) is 9.08. The van der Waals surface area contributed by atoms with E-state index in [0.29, 0.717) is 30.9 Å². The van der Waals surface area contributed by atoms with Gasteiger partial charge in [0, 0.05) is 12.6 Å². The first kappa shape index (κ1) is 23.1. The second-order valence-electron chi connectivity index (χ2n) is 8.71. The lowest BCUT2D eigenvalue weighted by atomic mass is 10.1. The van der Waals surface area contributed by atoms with Gasteiger partial charge in [-0.15, -0.1) is 10.2 Å². The van der Waals surface area contributed by atoms with Gasteiger partial charge in [0.2, 0.25) is 0 Å². The monoisotopic (exact) mass is 469 g/mol. The molecule has 1 aliphatic heterocycles. The highest BCUT2D eigenvalue weighted by Gasteiger charge is 2.33. The molecule has 0 radical (unpaired) electrons. The number of aromatic hydroxyl groups is 1. The number of ether oxygens (including phenoxy) is 2. The molecule has 178 valence electrons. The molecule has 3 aromatic rings. The third-order valence-electron chi connectivity index (χ3n) is 4.92. The summed E-state index contributed by atoms with van der Waals surface area (Å²) in [6, 6.07) is 6.61. The maximum atomic E-state index is 14.1. The van der Waals surface area contributed by atoms with Crippen molar-refractivity contribution < 1.29 is 28.6 Å². The highest BCUT2D eigenvalue weighted by atomic mass is 19.1. The standard InChI is InChI=1S/C23H24FN5O5/c1-23(2,3)34-22(32)29-19-8-6-7-16(26-19)20-27-25-13-28(20)9-4-5-10-33-18-12-15(24)17(30)11-14(18)21(29)31/h6-8,11-13,30H,4-5,9-10H2,1-3H3. The van der Waals surface area contributed by atoms with Gasteiger partial charge in [0.1, 0.15) is 29.2 Å². The normalized spacial score (nSPS) is 14.5. The predicted molar refractivity (Wildman–Crippen MR) is 119 cm³/mol. The molecule has 2 amide bonds. The minimum atomic E-state index is -0.995. The Bertz CT molecular complexity index is 1240. The summed E-state index contributed by atoms with van der Waals surface area (Å²) in [5, 5.41) is 18.0. The molecule has 3 heterocycles. The first-order valence-corrected chi connectivity index (χ1v) is 10.7. The van der Waals surface area contributed by atoms with Crippen LogP contribution in [0, 0.1) is 5.82 Å². The Morgan fingerprint density at radius 3 is 2.79 bits per heavy atom. The highest BCUT2D eigenvalue weighted by molar-refractivity contribution is 6.20. The van der Waals surface area contributed by atoms with E-state index < -0.39 is 29.2 Å². The van der Waals surface area contributed by atoms with Crippen LogP contribution in [0.25, 0.3) is 11.5 Å². The molecular formula is C23H24FN5O5. The number of aryl methyl sites for hydroxylation is 1. The molecule has 0 saturated carbocycles. The number of hydrogen-bond acceptors (Lipinski definition) is 8. The van der Waals surface area contributed by atoms with Crippen molar-refractivity contribution in [1.82, 2.24) is 19.7 Å². The topological polar surface area (TPSA) is 120 Å². The lowest BCUT2D eigenvalue weighted by Crippen LogP contribution is -2.41. The molecule has 0 saturated heterocycles. The number of nitrogens with zero attached hydrogens (tertiary/aromatic N) is 5. The van der Waals surface area contributed by atoms with Gasteiger partial charge in [0.25, 0.3) is 5.91 Å². The predicted octanol–water partition coefficient (Wildman–Crippen LogP) is 3.94. The van der Waals surface area contributed by atoms with E-state index in [0.717, 1.165) is 17.0 Å². The molecule has 11 heteroatoms. The number of phenols is 1. The summed E-state index contributed by atoms with van der Waals surface area (Å²) in [6.45, 7) is 5.72.